The number of likely N-dealkylation sites (tertiary alicyclic amines) is 1. The highest BCUT2D eigenvalue weighted by molar-refractivity contribution is 5.76. The second-order valence-electron chi connectivity index (χ2n) is 6.08. The quantitative estimate of drug-likeness (QED) is 0.703. The average Bonchev–Trinajstić information content (AvgIpc) is 2.60. The molecule has 0 radical (unpaired) electrons. The van der Waals surface area contributed by atoms with E-state index < -0.39 is 11.9 Å². The monoisotopic (exact) mass is 333 g/mol. The van der Waals surface area contributed by atoms with Gasteiger partial charge in [-0.25, -0.2) is 0 Å². The van der Waals surface area contributed by atoms with E-state index in [-0.39, 0.29) is 0 Å². The van der Waals surface area contributed by atoms with E-state index in [1.165, 1.54) is 19.3 Å². The minimum Gasteiger partial charge on any atom is -0.493 e. The minimum atomic E-state index is -0.862. The molecular formula is C19H27NO4. The molecule has 5 nitrogen and oxygen atoms in total. The average molecular weight is 333 g/mol. The van der Waals surface area contributed by atoms with Crippen LogP contribution in [0.4, 0.5) is 0 Å². The fourth-order valence-electron chi connectivity index (χ4n) is 3.04. The Morgan fingerprint density at radius 1 is 1.33 bits per heavy atom. The van der Waals surface area contributed by atoms with E-state index in [1.807, 2.05) is 0 Å². The molecule has 0 spiro atoms. The Balaban J connectivity index is 2.04. The summed E-state index contributed by atoms with van der Waals surface area (Å²) in [7, 11) is 1.59. The maximum absolute atomic E-state index is 11.4. The summed E-state index contributed by atoms with van der Waals surface area (Å²) in [5.41, 5.74) is 0.705. The number of aliphatic carboxylic acids is 1. The number of methoxy groups -OCH3 is 1. The van der Waals surface area contributed by atoms with E-state index in [0.717, 1.165) is 19.6 Å². The van der Waals surface area contributed by atoms with Crippen LogP contribution in [0.25, 0.3) is 0 Å². The summed E-state index contributed by atoms with van der Waals surface area (Å²) >= 11 is 0. The predicted molar refractivity (Wildman–Crippen MR) is 94.0 cm³/mol. The van der Waals surface area contributed by atoms with Crippen molar-refractivity contribution in [2.24, 2.45) is 0 Å². The Labute approximate surface area is 143 Å². The molecule has 5 heteroatoms. The van der Waals surface area contributed by atoms with Crippen molar-refractivity contribution >= 4 is 5.97 Å². The molecular weight excluding hydrogens is 306 g/mol. The molecule has 1 aromatic rings. The molecule has 0 aromatic heterocycles. The topological polar surface area (TPSA) is 59.0 Å². The third-order valence-corrected chi connectivity index (χ3v) is 4.40. The molecule has 132 valence electrons. The highest BCUT2D eigenvalue weighted by atomic mass is 16.5. The largest absolute Gasteiger partial charge is 0.493 e. The highest BCUT2D eigenvalue weighted by Crippen LogP contribution is 2.32. The van der Waals surface area contributed by atoms with E-state index in [9.17, 15) is 9.90 Å². The molecule has 1 aromatic carbocycles. The molecule has 1 N–H and O–H groups in total. The van der Waals surface area contributed by atoms with Crippen LogP contribution in [-0.4, -0.2) is 49.3 Å². The van der Waals surface area contributed by atoms with Gasteiger partial charge in [-0.05, 0) is 50.0 Å². The van der Waals surface area contributed by atoms with Crippen molar-refractivity contribution in [2.75, 3.05) is 33.4 Å². The number of allylic oxidation sites excluding steroid dienone is 1. The van der Waals surface area contributed by atoms with Crippen molar-refractivity contribution in [3.8, 4) is 11.5 Å². The summed E-state index contributed by atoms with van der Waals surface area (Å²) in [6.07, 6.45) is 5.82. The van der Waals surface area contributed by atoms with Crippen molar-refractivity contribution in [3.63, 3.8) is 0 Å². The summed E-state index contributed by atoms with van der Waals surface area (Å²) in [5.74, 6) is -0.250. The Bertz CT molecular complexity index is 552. The molecule has 2 rings (SSSR count). The summed E-state index contributed by atoms with van der Waals surface area (Å²) < 4.78 is 11.2. The van der Waals surface area contributed by atoms with Gasteiger partial charge in [-0.15, -0.1) is 6.58 Å². The van der Waals surface area contributed by atoms with Crippen molar-refractivity contribution in [1.82, 2.24) is 4.90 Å². The van der Waals surface area contributed by atoms with Crippen LogP contribution in [0.3, 0.4) is 0 Å². The smallest absolute Gasteiger partial charge is 0.311 e. The first-order valence-corrected chi connectivity index (χ1v) is 8.52. The van der Waals surface area contributed by atoms with Crippen LogP contribution in [0.15, 0.2) is 30.9 Å². The molecule has 0 bridgehead atoms. The molecule has 0 saturated carbocycles. The van der Waals surface area contributed by atoms with Crippen molar-refractivity contribution < 1.29 is 19.4 Å². The number of carboxylic acid groups (broad SMARTS) is 1. The second kappa shape index (κ2) is 9.33. The zero-order chi connectivity index (χ0) is 17.4. The van der Waals surface area contributed by atoms with Crippen LogP contribution >= 0.6 is 0 Å². The molecule has 1 aliphatic heterocycles. The van der Waals surface area contributed by atoms with E-state index in [2.05, 4.69) is 11.5 Å². The Morgan fingerprint density at radius 2 is 2.08 bits per heavy atom. The first-order chi connectivity index (χ1) is 11.7. The lowest BCUT2D eigenvalue weighted by molar-refractivity contribution is -0.138. The lowest BCUT2D eigenvalue weighted by atomic mass is 9.95. The van der Waals surface area contributed by atoms with Crippen LogP contribution in [0.2, 0.25) is 0 Å². The highest BCUT2D eigenvalue weighted by Gasteiger charge is 2.20. The summed E-state index contributed by atoms with van der Waals surface area (Å²) in [5, 5.41) is 9.39. The second-order valence-corrected chi connectivity index (χ2v) is 6.08. The van der Waals surface area contributed by atoms with E-state index in [4.69, 9.17) is 9.47 Å². The molecule has 1 aliphatic rings. The summed E-state index contributed by atoms with van der Waals surface area (Å²) in [6, 6.07) is 5.32. The van der Waals surface area contributed by atoms with Crippen molar-refractivity contribution in [1.29, 1.82) is 0 Å². The zero-order valence-corrected chi connectivity index (χ0v) is 14.4. The molecule has 0 amide bonds. The van der Waals surface area contributed by atoms with Crippen LogP contribution in [0.5, 0.6) is 11.5 Å². The fourth-order valence-corrected chi connectivity index (χ4v) is 3.04. The SMILES string of the molecule is C=CCC(C(=O)O)c1ccc(OC)c(OCCN2CCCCC2)c1. The van der Waals surface area contributed by atoms with Crippen molar-refractivity contribution in [3.05, 3.63) is 36.4 Å². The Kier molecular flexibility index (Phi) is 7.12. The number of piperidine rings is 1. The lowest BCUT2D eigenvalue weighted by Gasteiger charge is -2.26. The van der Waals surface area contributed by atoms with Gasteiger partial charge in [-0.3, -0.25) is 9.69 Å². The Hall–Kier alpha value is -2.01. The number of carbonyl (C=O) groups is 1. The van der Waals surface area contributed by atoms with E-state index in [0.29, 0.717) is 30.1 Å². The van der Waals surface area contributed by atoms with Crippen LogP contribution in [0, 0.1) is 0 Å². The third kappa shape index (κ3) is 4.99. The van der Waals surface area contributed by atoms with Gasteiger partial charge in [-0.1, -0.05) is 18.6 Å². The molecule has 1 saturated heterocycles. The molecule has 1 unspecified atom stereocenters. The van der Waals surface area contributed by atoms with Gasteiger partial charge in [0.15, 0.2) is 11.5 Å². The summed E-state index contributed by atoms with van der Waals surface area (Å²) in [4.78, 5) is 13.9. The zero-order valence-electron chi connectivity index (χ0n) is 14.4. The van der Waals surface area contributed by atoms with Crippen LogP contribution in [-0.2, 0) is 4.79 Å². The first-order valence-electron chi connectivity index (χ1n) is 8.52. The maximum atomic E-state index is 11.4. The van der Waals surface area contributed by atoms with Crippen molar-refractivity contribution in [2.45, 2.75) is 31.6 Å². The van der Waals surface area contributed by atoms with E-state index in [1.54, 1.807) is 31.4 Å². The van der Waals surface area contributed by atoms with Gasteiger partial charge in [0.25, 0.3) is 0 Å². The van der Waals surface area contributed by atoms with Gasteiger partial charge in [0.05, 0.1) is 13.0 Å². The normalized spacial score (nSPS) is 16.4. The van der Waals surface area contributed by atoms with Gasteiger partial charge in [0.1, 0.15) is 6.61 Å². The molecule has 0 aliphatic carbocycles. The number of nitrogens with zero attached hydrogens (tertiary/aromatic N) is 1. The molecule has 1 fully saturated rings. The van der Waals surface area contributed by atoms with E-state index >= 15 is 0 Å². The standard InChI is InChI=1S/C19H27NO4/c1-3-7-16(19(21)22)15-8-9-17(23-2)18(14-15)24-13-12-20-10-5-4-6-11-20/h3,8-9,14,16H,1,4-7,10-13H2,2H3,(H,21,22). The van der Waals surface area contributed by atoms with Gasteiger partial charge < -0.3 is 14.6 Å². The third-order valence-electron chi connectivity index (χ3n) is 4.40. The van der Waals surface area contributed by atoms with Crippen LogP contribution < -0.4 is 9.47 Å². The fraction of sp³-hybridized carbons (Fsp3) is 0.526. The Morgan fingerprint density at radius 3 is 2.71 bits per heavy atom. The van der Waals surface area contributed by atoms with Gasteiger partial charge in [-0.2, -0.15) is 0 Å². The number of hydrogen-bond acceptors (Lipinski definition) is 4. The number of rotatable bonds is 9. The molecule has 1 heterocycles. The number of carboxylic acids is 1. The maximum Gasteiger partial charge on any atom is 0.311 e. The number of hydrogen-bond donors (Lipinski definition) is 1. The van der Waals surface area contributed by atoms with Gasteiger partial charge >= 0.3 is 5.97 Å². The first kappa shape index (κ1) is 18.3. The summed E-state index contributed by atoms with van der Waals surface area (Å²) in [6.45, 7) is 7.34. The number of ether oxygens (including phenoxy) is 2. The van der Waals surface area contributed by atoms with Crippen LogP contribution in [0.1, 0.15) is 37.2 Å². The number of benzene rings is 1. The molecule has 1 atom stereocenters. The van der Waals surface area contributed by atoms with Gasteiger partial charge in [0.2, 0.25) is 0 Å². The minimum absolute atomic E-state index is 0.384. The van der Waals surface area contributed by atoms with Gasteiger partial charge in [0, 0.05) is 6.54 Å². The molecule has 24 heavy (non-hydrogen) atoms. The predicted octanol–water partition coefficient (Wildman–Crippen LogP) is 3.30. The lowest BCUT2D eigenvalue weighted by Crippen LogP contribution is -2.33.